The van der Waals surface area contributed by atoms with Crippen LogP contribution in [-0.2, 0) is 11.2 Å². The van der Waals surface area contributed by atoms with Crippen molar-refractivity contribution < 1.29 is 4.79 Å². The Kier molecular flexibility index (Phi) is 4.20. The van der Waals surface area contributed by atoms with Gasteiger partial charge in [-0.2, -0.15) is 0 Å². The van der Waals surface area contributed by atoms with E-state index in [-0.39, 0.29) is 5.91 Å². The quantitative estimate of drug-likeness (QED) is 0.737. The van der Waals surface area contributed by atoms with Crippen molar-refractivity contribution >= 4 is 5.91 Å². The zero-order valence-electron chi connectivity index (χ0n) is 10.1. The highest BCUT2D eigenvalue weighted by molar-refractivity contribution is 5.76. The standard InChI is InChI=1S/C13H21N3O/c14-10-3-5-12(6-4-10)16-13(17)8-7-11-2-1-9-15-11/h1-2,9-10,12,15H,3-8,14H2,(H,16,17). The molecule has 1 aromatic heterocycles. The van der Waals surface area contributed by atoms with Crippen molar-refractivity contribution in [2.45, 2.75) is 50.6 Å². The molecule has 0 bridgehead atoms. The first-order valence-corrected chi connectivity index (χ1v) is 6.41. The molecule has 0 unspecified atom stereocenters. The van der Waals surface area contributed by atoms with E-state index in [4.69, 9.17) is 5.73 Å². The third-order valence-electron chi connectivity index (χ3n) is 3.42. The van der Waals surface area contributed by atoms with E-state index < -0.39 is 0 Å². The molecule has 17 heavy (non-hydrogen) atoms. The molecule has 2 rings (SSSR count). The molecule has 0 atom stereocenters. The molecule has 4 heteroatoms. The molecule has 1 aromatic rings. The topological polar surface area (TPSA) is 70.9 Å². The fraction of sp³-hybridized carbons (Fsp3) is 0.615. The molecule has 0 saturated heterocycles. The number of H-pyrrole nitrogens is 1. The lowest BCUT2D eigenvalue weighted by Crippen LogP contribution is -2.40. The van der Waals surface area contributed by atoms with E-state index in [0.29, 0.717) is 18.5 Å². The largest absolute Gasteiger partial charge is 0.365 e. The summed E-state index contributed by atoms with van der Waals surface area (Å²) in [6, 6.07) is 4.64. The highest BCUT2D eigenvalue weighted by atomic mass is 16.1. The predicted molar refractivity (Wildman–Crippen MR) is 67.5 cm³/mol. The summed E-state index contributed by atoms with van der Waals surface area (Å²) in [5, 5.41) is 3.09. The molecule has 94 valence electrons. The summed E-state index contributed by atoms with van der Waals surface area (Å²) < 4.78 is 0. The molecule has 4 nitrogen and oxygen atoms in total. The molecular formula is C13H21N3O. The molecule has 4 N–H and O–H groups in total. The molecule has 1 amide bonds. The smallest absolute Gasteiger partial charge is 0.220 e. The van der Waals surface area contributed by atoms with Gasteiger partial charge < -0.3 is 16.0 Å². The molecule has 0 spiro atoms. The first-order valence-electron chi connectivity index (χ1n) is 6.41. The Labute approximate surface area is 102 Å². The summed E-state index contributed by atoms with van der Waals surface area (Å²) in [5.74, 6) is 0.153. The van der Waals surface area contributed by atoms with Crippen molar-refractivity contribution in [1.29, 1.82) is 0 Å². The number of nitrogens with one attached hydrogen (secondary N) is 2. The molecule has 0 aromatic carbocycles. The van der Waals surface area contributed by atoms with Gasteiger partial charge in [0.25, 0.3) is 0 Å². The van der Waals surface area contributed by atoms with Gasteiger partial charge in [0.2, 0.25) is 5.91 Å². The Morgan fingerprint density at radius 3 is 2.82 bits per heavy atom. The van der Waals surface area contributed by atoms with Crippen molar-refractivity contribution in [3.8, 4) is 0 Å². The normalized spacial score (nSPS) is 24.5. The number of aromatic amines is 1. The van der Waals surface area contributed by atoms with Gasteiger partial charge in [0.15, 0.2) is 0 Å². The van der Waals surface area contributed by atoms with E-state index in [2.05, 4.69) is 10.3 Å². The second-order valence-electron chi connectivity index (χ2n) is 4.87. The SMILES string of the molecule is NC1CCC(NC(=O)CCc2ccc[nH]2)CC1. The summed E-state index contributed by atoms with van der Waals surface area (Å²) in [6.07, 6.45) is 7.33. The Balaban J connectivity index is 1.67. The summed E-state index contributed by atoms with van der Waals surface area (Å²) in [4.78, 5) is 14.8. The summed E-state index contributed by atoms with van der Waals surface area (Å²) in [7, 11) is 0. The number of amides is 1. The van der Waals surface area contributed by atoms with Crippen LogP contribution in [0.25, 0.3) is 0 Å². The van der Waals surface area contributed by atoms with Gasteiger partial charge in [0, 0.05) is 30.4 Å². The number of rotatable bonds is 4. The van der Waals surface area contributed by atoms with Crippen LogP contribution in [0.2, 0.25) is 0 Å². The Bertz CT molecular complexity index is 340. The second-order valence-corrected chi connectivity index (χ2v) is 4.87. The highest BCUT2D eigenvalue weighted by Gasteiger charge is 2.19. The van der Waals surface area contributed by atoms with E-state index in [0.717, 1.165) is 37.8 Å². The van der Waals surface area contributed by atoms with E-state index in [1.165, 1.54) is 0 Å². The van der Waals surface area contributed by atoms with Gasteiger partial charge in [-0.3, -0.25) is 4.79 Å². The van der Waals surface area contributed by atoms with E-state index in [1.807, 2.05) is 18.3 Å². The molecule has 1 aliphatic rings. The maximum atomic E-state index is 11.7. The number of carbonyl (C=O) groups is 1. The van der Waals surface area contributed by atoms with Crippen molar-refractivity contribution in [3.63, 3.8) is 0 Å². The molecular weight excluding hydrogens is 214 g/mol. The van der Waals surface area contributed by atoms with Crippen molar-refractivity contribution in [3.05, 3.63) is 24.0 Å². The molecule has 1 fully saturated rings. The van der Waals surface area contributed by atoms with Crippen LogP contribution in [0.15, 0.2) is 18.3 Å². The van der Waals surface area contributed by atoms with Crippen LogP contribution in [0.4, 0.5) is 0 Å². The minimum atomic E-state index is 0.153. The van der Waals surface area contributed by atoms with E-state index >= 15 is 0 Å². The number of nitrogens with two attached hydrogens (primary N) is 1. The van der Waals surface area contributed by atoms with Gasteiger partial charge in [-0.15, -0.1) is 0 Å². The van der Waals surface area contributed by atoms with Gasteiger partial charge in [-0.1, -0.05) is 0 Å². The van der Waals surface area contributed by atoms with Crippen LogP contribution in [0.5, 0.6) is 0 Å². The fourth-order valence-electron chi connectivity index (χ4n) is 2.33. The van der Waals surface area contributed by atoms with Crippen LogP contribution >= 0.6 is 0 Å². The first-order chi connectivity index (χ1) is 8.24. The molecule has 1 aliphatic carbocycles. The Hall–Kier alpha value is -1.29. The van der Waals surface area contributed by atoms with Gasteiger partial charge >= 0.3 is 0 Å². The van der Waals surface area contributed by atoms with Crippen molar-refractivity contribution in [2.75, 3.05) is 0 Å². The average Bonchev–Trinajstić information content (AvgIpc) is 2.83. The van der Waals surface area contributed by atoms with Crippen LogP contribution < -0.4 is 11.1 Å². The van der Waals surface area contributed by atoms with E-state index in [9.17, 15) is 4.79 Å². The van der Waals surface area contributed by atoms with Crippen LogP contribution in [0, 0.1) is 0 Å². The maximum absolute atomic E-state index is 11.7. The molecule has 1 heterocycles. The first kappa shape index (κ1) is 12.2. The monoisotopic (exact) mass is 235 g/mol. The molecule has 0 aliphatic heterocycles. The van der Waals surface area contributed by atoms with E-state index in [1.54, 1.807) is 0 Å². The number of hydrogen-bond acceptors (Lipinski definition) is 2. The average molecular weight is 235 g/mol. The summed E-state index contributed by atoms with van der Waals surface area (Å²) >= 11 is 0. The van der Waals surface area contributed by atoms with Crippen LogP contribution in [-0.4, -0.2) is 23.0 Å². The maximum Gasteiger partial charge on any atom is 0.220 e. The zero-order valence-corrected chi connectivity index (χ0v) is 10.1. The Morgan fingerprint density at radius 1 is 1.41 bits per heavy atom. The van der Waals surface area contributed by atoms with Gasteiger partial charge in [0.1, 0.15) is 0 Å². The van der Waals surface area contributed by atoms with Gasteiger partial charge in [0.05, 0.1) is 0 Å². The number of aromatic nitrogens is 1. The third-order valence-corrected chi connectivity index (χ3v) is 3.42. The predicted octanol–water partition coefficient (Wildman–Crippen LogP) is 1.33. The lowest BCUT2D eigenvalue weighted by Gasteiger charge is -2.26. The van der Waals surface area contributed by atoms with Crippen LogP contribution in [0.3, 0.4) is 0 Å². The summed E-state index contributed by atoms with van der Waals surface area (Å²) in [6.45, 7) is 0. The van der Waals surface area contributed by atoms with Crippen molar-refractivity contribution in [1.82, 2.24) is 10.3 Å². The minimum Gasteiger partial charge on any atom is -0.365 e. The lowest BCUT2D eigenvalue weighted by atomic mass is 9.92. The summed E-state index contributed by atoms with van der Waals surface area (Å²) in [5.41, 5.74) is 6.95. The fourth-order valence-corrected chi connectivity index (χ4v) is 2.33. The van der Waals surface area contributed by atoms with Crippen LogP contribution in [0.1, 0.15) is 37.8 Å². The number of hydrogen-bond donors (Lipinski definition) is 3. The minimum absolute atomic E-state index is 0.153. The number of carbonyl (C=O) groups excluding carboxylic acids is 1. The lowest BCUT2D eigenvalue weighted by molar-refractivity contribution is -0.122. The third kappa shape index (κ3) is 3.89. The highest BCUT2D eigenvalue weighted by Crippen LogP contribution is 2.17. The zero-order chi connectivity index (χ0) is 12.1. The van der Waals surface area contributed by atoms with Gasteiger partial charge in [-0.25, -0.2) is 0 Å². The second kappa shape index (κ2) is 5.87. The van der Waals surface area contributed by atoms with Crippen molar-refractivity contribution in [2.24, 2.45) is 5.73 Å². The van der Waals surface area contributed by atoms with Gasteiger partial charge in [-0.05, 0) is 44.2 Å². The Morgan fingerprint density at radius 2 is 2.18 bits per heavy atom. The number of aryl methyl sites for hydroxylation is 1. The molecule has 1 saturated carbocycles. The molecule has 0 radical (unpaired) electrons.